The van der Waals surface area contributed by atoms with E-state index in [1.807, 2.05) is 31.2 Å². The Balaban J connectivity index is 1.66. The molecule has 7 heteroatoms. The SMILES string of the molecule is COC(=O)c1cc(-c2ccc(N3CCCCC3)cc2)c2c(C)nn(-c3cccc(OC)c3)c2n1. The minimum absolute atomic E-state index is 0.245. The number of piperidine rings is 1. The van der Waals surface area contributed by atoms with Gasteiger partial charge in [-0.15, -0.1) is 0 Å². The fraction of sp³-hybridized carbons (Fsp3) is 0.296. The molecule has 0 amide bonds. The van der Waals surface area contributed by atoms with Gasteiger partial charge < -0.3 is 14.4 Å². The summed E-state index contributed by atoms with van der Waals surface area (Å²) >= 11 is 0. The van der Waals surface area contributed by atoms with Crippen LogP contribution in [0.2, 0.25) is 0 Å². The van der Waals surface area contributed by atoms with Crippen LogP contribution in [0.3, 0.4) is 0 Å². The molecule has 0 radical (unpaired) electrons. The van der Waals surface area contributed by atoms with Crippen molar-refractivity contribution in [3.63, 3.8) is 0 Å². The smallest absolute Gasteiger partial charge is 0.356 e. The van der Waals surface area contributed by atoms with Crippen LogP contribution in [0.4, 0.5) is 5.69 Å². The molecule has 0 unspecified atom stereocenters. The molecular weight excluding hydrogens is 428 g/mol. The number of hydrogen-bond donors (Lipinski definition) is 0. The van der Waals surface area contributed by atoms with E-state index in [4.69, 9.17) is 14.6 Å². The average molecular weight is 457 g/mol. The van der Waals surface area contributed by atoms with Crippen molar-refractivity contribution in [2.45, 2.75) is 26.2 Å². The first-order valence-electron chi connectivity index (χ1n) is 11.6. The number of methoxy groups -OCH3 is 2. The number of fused-ring (bicyclic) bond motifs is 1. The third kappa shape index (κ3) is 3.98. The lowest BCUT2D eigenvalue weighted by Gasteiger charge is -2.28. The number of rotatable bonds is 5. The van der Waals surface area contributed by atoms with Gasteiger partial charge in [-0.3, -0.25) is 0 Å². The first-order chi connectivity index (χ1) is 16.6. The predicted octanol–water partition coefficient (Wildman–Crippen LogP) is 5.18. The van der Waals surface area contributed by atoms with Gasteiger partial charge in [0.05, 0.1) is 31.0 Å². The molecule has 0 aliphatic carbocycles. The van der Waals surface area contributed by atoms with E-state index in [0.717, 1.165) is 46.7 Å². The van der Waals surface area contributed by atoms with Gasteiger partial charge in [-0.05, 0) is 67.6 Å². The molecule has 34 heavy (non-hydrogen) atoms. The largest absolute Gasteiger partial charge is 0.497 e. The second kappa shape index (κ2) is 9.17. The highest BCUT2D eigenvalue weighted by Gasteiger charge is 2.21. The molecular formula is C27H28N4O3. The van der Waals surface area contributed by atoms with E-state index in [1.54, 1.807) is 17.9 Å². The maximum Gasteiger partial charge on any atom is 0.356 e. The molecule has 0 N–H and O–H groups in total. The predicted molar refractivity (Wildman–Crippen MR) is 133 cm³/mol. The number of anilines is 1. The minimum atomic E-state index is -0.482. The first-order valence-corrected chi connectivity index (χ1v) is 11.6. The maximum absolute atomic E-state index is 12.5. The van der Waals surface area contributed by atoms with Crippen LogP contribution in [0.5, 0.6) is 5.75 Å². The lowest BCUT2D eigenvalue weighted by Crippen LogP contribution is -2.29. The van der Waals surface area contributed by atoms with Crippen molar-refractivity contribution in [2.75, 3.05) is 32.2 Å². The number of pyridine rings is 1. The summed E-state index contributed by atoms with van der Waals surface area (Å²) in [6, 6.07) is 18.0. The van der Waals surface area contributed by atoms with Gasteiger partial charge in [-0.1, -0.05) is 18.2 Å². The number of carbonyl (C=O) groups excluding carboxylic acids is 1. The third-order valence-corrected chi connectivity index (χ3v) is 6.40. The van der Waals surface area contributed by atoms with Gasteiger partial charge in [0.1, 0.15) is 5.75 Å². The summed E-state index contributed by atoms with van der Waals surface area (Å²) in [5, 5.41) is 5.68. The van der Waals surface area contributed by atoms with Crippen molar-refractivity contribution in [3.8, 4) is 22.6 Å². The third-order valence-electron chi connectivity index (χ3n) is 6.40. The number of aromatic nitrogens is 3. The van der Waals surface area contributed by atoms with E-state index in [1.165, 1.54) is 32.1 Å². The van der Waals surface area contributed by atoms with Gasteiger partial charge >= 0.3 is 5.97 Å². The summed E-state index contributed by atoms with van der Waals surface area (Å²) in [6.45, 7) is 4.15. The molecule has 1 saturated heterocycles. The molecule has 3 heterocycles. The molecule has 7 nitrogen and oxygen atoms in total. The van der Waals surface area contributed by atoms with Gasteiger partial charge in [-0.25, -0.2) is 14.5 Å². The molecule has 4 aromatic rings. The maximum atomic E-state index is 12.5. The summed E-state index contributed by atoms with van der Waals surface area (Å²) < 4.78 is 12.1. The van der Waals surface area contributed by atoms with Crippen LogP contribution in [-0.2, 0) is 4.74 Å². The number of esters is 1. The van der Waals surface area contributed by atoms with E-state index in [2.05, 4.69) is 34.1 Å². The fourth-order valence-corrected chi connectivity index (χ4v) is 4.65. The lowest BCUT2D eigenvalue weighted by atomic mass is 10.00. The number of carbonyl (C=O) groups is 1. The van der Waals surface area contributed by atoms with Crippen molar-refractivity contribution in [1.82, 2.24) is 14.8 Å². The zero-order valence-electron chi connectivity index (χ0n) is 19.7. The molecule has 1 fully saturated rings. The van der Waals surface area contributed by atoms with Crippen LogP contribution in [0.15, 0.2) is 54.6 Å². The summed E-state index contributed by atoms with van der Waals surface area (Å²) in [4.78, 5) is 19.6. The van der Waals surface area contributed by atoms with Gasteiger partial charge in [-0.2, -0.15) is 5.10 Å². The monoisotopic (exact) mass is 456 g/mol. The Labute approximate surface area is 198 Å². The summed E-state index contributed by atoms with van der Waals surface area (Å²) in [6.07, 6.45) is 3.77. The average Bonchev–Trinajstić information content (AvgIpc) is 3.24. The number of nitrogens with zero attached hydrogens (tertiary/aromatic N) is 4. The Morgan fingerprint density at radius 3 is 2.41 bits per heavy atom. The van der Waals surface area contributed by atoms with Crippen LogP contribution >= 0.6 is 0 Å². The molecule has 1 aliphatic heterocycles. The van der Waals surface area contributed by atoms with Crippen molar-refractivity contribution >= 4 is 22.7 Å². The lowest BCUT2D eigenvalue weighted by molar-refractivity contribution is 0.0594. The number of hydrogen-bond acceptors (Lipinski definition) is 6. The molecule has 1 aliphatic rings. The van der Waals surface area contributed by atoms with Crippen molar-refractivity contribution in [3.05, 3.63) is 66.0 Å². The summed E-state index contributed by atoms with van der Waals surface area (Å²) in [7, 11) is 3.00. The molecule has 0 atom stereocenters. The summed E-state index contributed by atoms with van der Waals surface area (Å²) in [5.41, 5.74) is 5.62. The molecule has 2 aromatic heterocycles. The van der Waals surface area contributed by atoms with Gasteiger partial charge in [0.2, 0.25) is 0 Å². The number of benzene rings is 2. The van der Waals surface area contributed by atoms with E-state index in [0.29, 0.717) is 5.65 Å². The topological polar surface area (TPSA) is 69.5 Å². The van der Waals surface area contributed by atoms with E-state index >= 15 is 0 Å². The van der Waals surface area contributed by atoms with E-state index in [-0.39, 0.29) is 5.69 Å². The van der Waals surface area contributed by atoms with Gasteiger partial charge in [0.25, 0.3) is 0 Å². The first kappa shape index (κ1) is 21.9. The number of ether oxygens (including phenoxy) is 2. The Hall–Kier alpha value is -3.87. The highest BCUT2D eigenvalue weighted by atomic mass is 16.5. The normalized spacial score (nSPS) is 13.8. The second-order valence-corrected chi connectivity index (χ2v) is 8.54. The zero-order chi connectivity index (χ0) is 23.7. The van der Waals surface area contributed by atoms with E-state index < -0.39 is 5.97 Å². The van der Waals surface area contributed by atoms with Gasteiger partial charge in [0, 0.05) is 24.8 Å². The van der Waals surface area contributed by atoms with Crippen LogP contribution in [-0.4, -0.2) is 48.0 Å². The molecule has 0 spiro atoms. The molecule has 5 rings (SSSR count). The Morgan fingerprint density at radius 2 is 1.71 bits per heavy atom. The van der Waals surface area contributed by atoms with Crippen LogP contribution in [0.25, 0.3) is 27.8 Å². The highest BCUT2D eigenvalue weighted by Crippen LogP contribution is 2.34. The van der Waals surface area contributed by atoms with Crippen LogP contribution < -0.4 is 9.64 Å². The highest BCUT2D eigenvalue weighted by molar-refractivity contribution is 6.00. The van der Waals surface area contributed by atoms with Crippen LogP contribution in [0.1, 0.15) is 35.4 Å². The molecule has 2 aromatic carbocycles. The summed E-state index contributed by atoms with van der Waals surface area (Å²) in [5.74, 6) is 0.237. The van der Waals surface area contributed by atoms with Crippen molar-refractivity contribution in [1.29, 1.82) is 0 Å². The minimum Gasteiger partial charge on any atom is -0.497 e. The van der Waals surface area contributed by atoms with Crippen LogP contribution in [0, 0.1) is 6.92 Å². The molecule has 0 bridgehead atoms. The van der Waals surface area contributed by atoms with Crippen molar-refractivity contribution in [2.24, 2.45) is 0 Å². The molecule has 0 saturated carbocycles. The fourth-order valence-electron chi connectivity index (χ4n) is 4.65. The number of aryl methyl sites for hydroxylation is 1. The standard InChI is InChI=1S/C27H28N4O3/c1-18-25-23(19-10-12-20(13-11-19)30-14-5-4-6-15-30)17-24(27(32)34-3)28-26(25)31(29-18)21-8-7-9-22(16-21)33-2/h7-13,16-17H,4-6,14-15H2,1-3H3. The Morgan fingerprint density at radius 1 is 0.941 bits per heavy atom. The van der Waals surface area contributed by atoms with Gasteiger partial charge in [0.15, 0.2) is 11.3 Å². The second-order valence-electron chi connectivity index (χ2n) is 8.54. The van der Waals surface area contributed by atoms with Crippen molar-refractivity contribution < 1.29 is 14.3 Å². The quantitative estimate of drug-likeness (QED) is 0.386. The van der Waals surface area contributed by atoms with E-state index in [9.17, 15) is 4.79 Å². The molecule has 174 valence electrons. The zero-order valence-corrected chi connectivity index (χ0v) is 19.7. The Bertz CT molecular complexity index is 1340. The Kier molecular flexibility index (Phi) is 5.92.